The van der Waals surface area contributed by atoms with Gasteiger partial charge in [0, 0.05) is 43.2 Å². The van der Waals surface area contributed by atoms with E-state index in [1.54, 1.807) is 0 Å². The highest BCUT2D eigenvalue weighted by molar-refractivity contribution is 6.29. The smallest absolute Gasteiger partial charge is 0.0729 e. The van der Waals surface area contributed by atoms with Crippen molar-refractivity contribution in [1.82, 2.24) is 14.4 Å². The predicted octanol–water partition coefficient (Wildman–Crippen LogP) is 14.0. The summed E-state index contributed by atoms with van der Waals surface area (Å²) in [7, 11) is 0. The molecule has 7 aromatic carbocycles. The van der Waals surface area contributed by atoms with Crippen molar-refractivity contribution in [2.45, 2.75) is 81.0 Å². The molecule has 0 aliphatic heterocycles. The number of hydrogen-bond donors (Lipinski definition) is 0. The minimum atomic E-state index is -0.417. The van der Waals surface area contributed by atoms with Crippen LogP contribution in [0.5, 0.6) is 0 Å². The largest absolute Gasteiger partial charge is 0.305 e. The van der Waals surface area contributed by atoms with E-state index in [1.165, 1.54) is 144 Å². The zero-order chi connectivity index (χ0) is 44.0. The van der Waals surface area contributed by atoms with Crippen LogP contribution >= 0.6 is 0 Å². The third kappa shape index (κ3) is 2.99. The van der Waals surface area contributed by atoms with Gasteiger partial charge in [-0.05, 0) is 128 Å². The Labute approximate surface area is 383 Å². The Balaban J connectivity index is 1.12. The number of aromatic nitrogens is 3. The molecule has 0 radical (unpaired) electrons. The fourth-order valence-corrected chi connectivity index (χ4v) is 17.3. The summed E-state index contributed by atoms with van der Waals surface area (Å²) in [4.78, 5) is 11.5. The first-order valence-electron chi connectivity index (χ1n) is 24.0. The Morgan fingerprint density at radius 1 is 0.424 bits per heavy atom. The molecule has 3 nitrogen and oxygen atoms in total. The summed E-state index contributed by atoms with van der Waals surface area (Å²) in [6.45, 7) is 17.3. The molecule has 4 heterocycles. The number of fused-ring (bicyclic) bond motifs is 20. The second-order valence-corrected chi connectivity index (χ2v) is 22.1. The fourth-order valence-electron chi connectivity index (χ4n) is 17.3. The lowest BCUT2D eigenvalue weighted by molar-refractivity contribution is 0.167. The topological polar surface area (TPSA) is 30.2 Å². The lowest BCUT2D eigenvalue weighted by atomic mass is 9.32. The van der Waals surface area contributed by atoms with Crippen molar-refractivity contribution in [3.63, 3.8) is 0 Å². The molecule has 18 rings (SSSR count). The van der Waals surface area contributed by atoms with Crippen LogP contribution in [-0.4, -0.2) is 14.4 Å². The van der Waals surface area contributed by atoms with Crippen molar-refractivity contribution in [3.8, 4) is 11.1 Å². The maximum atomic E-state index is 5.80. The van der Waals surface area contributed by atoms with Crippen molar-refractivity contribution in [3.05, 3.63) is 230 Å². The molecule has 0 saturated heterocycles. The number of benzene rings is 7. The van der Waals surface area contributed by atoms with Gasteiger partial charge in [0.1, 0.15) is 0 Å². The second-order valence-electron chi connectivity index (χ2n) is 22.1. The quantitative estimate of drug-likeness (QED) is 0.152. The van der Waals surface area contributed by atoms with Crippen LogP contribution in [-0.2, 0) is 32.5 Å². The van der Waals surface area contributed by atoms with E-state index in [-0.39, 0.29) is 21.7 Å². The molecule has 0 fully saturated rings. The molecule has 66 heavy (non-hydrogen) atoms. The van der Waals surface area contributed by atoms with Crippen LogP contribution in [0.1, 0.15) is 125 Å². The molecular formula is C63H45N3. The first kappa shape index (κ1) is 35.2. The van der Waals surface area contributed by atoms with Crippen molar-refractivity contribution >= 4 is 48.9 Å². The average molecular weight is 844 g/mol. The second kappa shape index (κ2) is 10.1. The maximum Gasteiger partial charge on any atom is 0.0729 e. The van der Waals surface area contributed by atoms with Crippen molar-refractivity contribution in [2.75, 3.05) is 0 Å². The molecule has 7 aliphatic rings. The van der Waals surface area contributed by atoms with Crippen LogP contribution in [0.4, 0.5) is 0 Å². The fraction of sp³-hybridized carbons (Fsp3) is 0.206. The predicted molar refractivity (Wildman–Crippen MR) is 267 cm³/mol. The summed E-state index contributed by atoms with van der Waals surface area (Å²) in [6.07, 6.45) is 4.51. The van der Waals surface area contributed by atoms with Gasteiger partial charge in [-0.15, -0.1) is 0 Å². The van der Waals surface area contributed by atoms with Crippen LogP contribution in [0.2, 0.25) is 0 Å². The van der Waals surface area contributed by atoms with Crippen molar-refractivity contribution < 1.29 is 0 Å². The van der Waals surface area contributed by atoms with Crippen LogP contribution in [0.25, 0.3) is 60.0 Å². The summed E-state index contributed by atoms with van der Waals surface area (Å²) in [5, 5.41) is 8.12. The van der Waals surface area contributed by atoms with Gasteiger partial charge >= 0.3 is 0 Å². The Hall–Kier alpha value is -7.10. The van der Waals surface area contributed by atoms with Gasteiger partial charge in [0.15, 0.2) is 0 Å². The molecule has 0 amide bonds. The van der Waals surface area contributed by atoms with Gasteiger partial charge in [0.2, 0.25) is 0 Å². The standard InChI is InChI=1S/C63H45N3/c1-32-28-45-48(34-19-9-8-18-33(32)34)35-29-36-49-46(30-64-56-53(49)59(4)37-20-10-12-22-39(37)60(56,5)40-23-13-11-21-38(40)59)66-47-31-65-57-54(50(47)51(55(36)66)52(35)58(45,2)3)61(6)41-24-14-16-26-43(41)63(61)44-27-17-15-25-42(44)62(57,63)7/h8-31H,1-7H3. The normalized spacial score (nSPS) is 26.8. The first-order chi connectivity index (χ1) is 32.0. The van der Waals surface area contributed by atoms with Gasteiger partial charge in [-0.2, -0.15) is 0 Å². The zero-order valence-electron chi connectivity index (χ0n) is 38.2. The van der Waals surface area contributed by atoms with Gasteiger partial charge in [-0.3, -0.25) is 9.97 Å². The monoisotopic (exact) mass is 843 g/mol. The first-order valence-corrected chi connectivity index (χ1v) is 24.0. The van der Waals surface area contributed by atoms with E-state index < -0.39 is 10.8 Å². The molecular weight excluding hydrogens is 799 g/mol. The molecule has 0 saturated carbocycles. The lowest BCUT2D eigenvalue weighted by Crippen LogP contribution is -2.69. The molecule has 4 aromatic heterocycles. The SMILES string of the molecule is Cc1cc2c(c3ccccc13)-c1cc3c4c5c(ncc4n4c6cnc7c(c6c(c1C2(C)C)c34)C1(C)c2ccccc2C12c1ccccc1C72C)C1(C)c2ccccc2C5(C)c2ccccc21. The van der Waals surface area contributed by atoms with E-state index in [4.69, 9.17) is 9.97 Å². The molecule has 7 aliphatic carbocycles. The van der Waals surface area contributed by atoms with Crippen molar-refractivity contribution in [1.29, 1.82) is 0 Å². The molecule has 3 unspecified atom stereocenters. The van der Waals surface area contributed by atoms with Crippen LogP contribution in [0.15, 0.2) is 146 Å². The average Bonchev–Trinajstić information content (AvgIpc) is 3.96. The molecule has 11 aromatic rings. The highest BCUT2D eigenvalue weighted by Gasteiger charge is 2.81. The summed E-state index contributed by atoms with van der Waals surface area (Å²) >= 11 is 0. The molecule has 3 heteroatoms. The third-order valence-corrected chi connectivity index (χ3v) is 19.7. The van der Waals surface area contributed by atoms with Crippen LogP contribution < -0.4 is 0 Å². The lowest BCUT2D eigenvalue weighted by Gasteiger charge is -2.68. The summed E-state index contributed by atoms with van der Waals surface area (Å²) in [6, 6.07) is 51.4. The highest BCUT2D eigenvalue weighted by Crippen LogP contribution is 2.82. The Bertz CT molecular complexity index is 4190. The van der Waals surface area contributed by atoms with Gasteiger partial charge in [-0.25, -0.2) is 0 Å². The van der Waals surface area contributed by atoms with E-state index >= 15 is 0 Å². The van der Waals surface area contributed by atoms with Gasteiger partial charge in [-0.1, -0.05) is 148 Å². The van der Waals surface area contributed by atoms with Crippen LogP contribution in [0, 0.1) is 6.92 Å². The minimum Gasteiger partial charge on any atom is -0.305 e. The Kier molecular flexibility index (Phi) is 5.41. The maximum absolute atomic E-state index is 5.80. The van der Waals surface area contributed by atoms with Gasteiger partial charge in [0.05, 0.1) is 51.2 Å². The van der Waals surface area contributed by atoms with Crippen molar-refractivity contribution in [2.24, 2.45) is 0 Å². The summed E-state index contributed by atoms with van der Waals surface area (Å²) in [5.41, 5.74) is 25.3. The number of hydrogen-bond acceptors (Lipinski definition) is 2. The minimum absolute atomic E-state index is 0.204. The summed E-state index contributed by atoms with van der Waals surface area (Å²) in [5.74, 6) is 0. The number of nitrogens with zero attached hydrogens (tertiary/aromatic N) is 3. The number of aryl methyl sites for hydroxylation is 1. The molecule has 0 N–H and O–H groups in total. The highest BCUT2D eigenvalue weighted by atomic mass is 15.0. The Morgan fingerprint density at radius 3 is 1.58 bits per heavy atom. The molecule has 3 atom stereocenters. The molecule has 312 valence electrons. The van der Waals surface area contributed by atoms with E-state index in [0.29, 0.717) is 0 Å². The summed E-state index contributed by atoms with van der Waals surface area (Å²) < 4.78 is 2.63. The number of rotatable bonds is 0. The van der Waals surface area contributed by atoms with E-state index in [0.717, 1.165) is 0 Å². The van der Waals surface area contributed by atoms with E-state index in [9.17, 15) is 0 Å². The van der Waals surface area contributed by atoms with Crippen LogP contribution in [0.3, 0.4) is 0 Å². The molecule has 2 bridgehead atoms. The van der Waals surface area contributed by atoms with E-state index in [1.807, 2.05) is 0 Å². The zero-order valence-corrected chi connectivity index (χ0v) is 38.2. The van der Waals surface area contributed by atoms with Gasteiger partial charge < -0.3 is 4.40 Å². The third-order valence-electron chi connectivity index (χ3n) is 19.7. The Morgan fingerprint density at radius 2 is 0.939 bits per heavy atom. The van der Waals surface area contributed by atoms with Gasteiger partial charge in [0.25, 0.3) is 0 Å². The number of pyridine rings is 2. The molecule has 1 spiro atoms. The van der Waals surface area contributed by atoms with E-state index in [2.05, 4.69) is 199 Å².